The molecule has 2 fully saturated rings. The van der Waals surface area contributed by atoms with Crippen molar-refractivity contribution in [1.29, 1.82) is 0 Å². The minimum atomic E-state index is -0.0670. The summed E-state index contributed by atoms with van der Waals surface area (Å²) >= 11 is 0. The summed E-state index contributed by atoms with van der Waals surface area (Å²) in [6.45, 7) is 5.20. The molecule has 2 saturated heterocycles. The summed E-state index contributed by atoms with van der Waals surface area (Å²) in [4.78, 5) is 28.3. The third kappa shape index (κ3) is 4.24. The molecule has 25 heavy (non-hydrogen) atoms. The Hall–Kier alpha value is -2.24. The summed E-state index contributed by atoms with van der Waals surface area (Å²) in [5.41, 5.74) is 0.973. The van der Waals surface area contributed by atoms with E-state index >= 15 is 0 Å². The van der Waals surface area contributed by atoms with Gasteiger partial charge in [-0.3, -0.25) is 4.79 Å². The number of hydrogen-bond donors (Lipinski definition) is 1. The van der Waals surface area contributed by atoms with Crippen molar-refractivity contribution < 1.29 is 14.3 Å². The number of urea groups is 1. The molecule has 3 rings (SSSR count). The molecule has 3 amide bonds. The highest BCUT2D eigenvalue weighted by Crippen LogP contribution is 2.22. The van der Waals surface area contributed by atoms with E-state index in [0.29, 0.717) is 26.1 Å². The monoisotopic (exact) mass is 345 g/mol. The van der Waals surface area contributed by atoms with Gasteiger partial charge in [-0.1, -0.05) is 18.2 Å². The zero-order valence-electron chi connectivity index (χ0n) is 14.9. The van der Waals surface area contributed by atoms with Crippen molar-refractivity contribution in [1.82, 2.24) is 15.1 Å². The zero-order valence-corrected chi connectivity index (χ0v) is 14.9. The Morgan fingerprint density at radius 1 is 1.28 bits per heavy atom. The fourth-order valence-electron chi connectivity index (χ4n) is 3.68. The second-order valence-electron chi connectivity index (χ2n) is 6.63. The maximum Gasteiger partial charge on any atom is 0.317 e. The quantitative estimate of drug-likeness (QED) is 0.891. The summed E-state index contributed by atoms with van der Waals surface area (Å²) in [5.74, 6) is 1.04. The van der Waals surface area contributed by atoms with E-state index in [9.17, 15) is 9.59 Å². The van der Waals surface area contributed by atoms with Crippen LogP contribution in [-0.4, -0.2) is 54.0 Å². The van der Waals surface area contributed by atoms with Crippen LogP contribution in [0.25, 0.3) is 0 Å². The van der Waals surface area contributed by atoms with E-state index in [2.05, 4.69) is 5.32 Å². The largest absolute Gasteiger partial charge is 0.494 e. The van der Waals surface area contributed by atoms with Crippen LogP contribution >= 0.6 is 0 Å². The number of rotatable bonds is 5. The molecular formula is C19H27N3O3. The standard InChI is InChI=1S/C19H27N3O3/c1-2-25-17-9-4-3-7-15(17)13-20-19(24)21-11-5-8-16(14-21)22-12-6-10-18(22)23/h3-4,7,9,16H,2,5-6,8,10-14H2,1H3,(H,20,24)/t16-/m0/s1. The van der Waals surface area contributed by atoms with Crippen LogP contribution in [0.2, 0.25) is 0 Å². The van der Waals surface area contributed by atoms with E-state index in [1.54, 1.807) is 0 Å². The van der Waals surface area contributed by atoms with Gasteiger partial charge in [0.15, 0.2) is 0 Å². The Morgan fingerprint density at radius 3 is 2.88 bits per heavy atom. The van der Waals surface area contributed by atoms with Crippen LogP contribution in [0.1, 0.15) is 38.2 Å². The number of hydrogen-bond acceptors (Lipinski definition) is 3. The molecule has 0 bridgehead atoms. The van der Waals surface area contributed by atoms with Crippen LogP contribution in [0, 0.1) is 0 Å². The van der Waals surface area contributed by atoms with Gasteiger partial charge < -0.3 is 19.9 Å². The molecule has 6 nitrogen and oxygen atoms in total. The van der Waals surface area contributed by atoms with Crippen LogP contribution in [-0.2, 0) is 11.3 Å². The Kier molecular flexibility index (Phi) is 5.79. The van der Waals surface area contributed by atoms with Crippen LogP contribution < -0.4 is 10.1 Å². The highest BCUT2D eigenvalue weighted by molar-refractivity contribution is 5.79. The summed E-state index contributed by atoms with van der Waals surface area (Å²) in [5, 5.41) is 2.99. The van der Waals surface area contributed by atoms with Gasteiger partial charge in [0.2, 0.25) is 5.91 Å². The first-order valence-corrected chi connectivity index (χ1v) is 9.22. The Bertz CT molecular complexity index is 620. The van der Waals surface area contributed by atoms with Crippen molar-refractivity contribution >= 4 is 11.9 Å². The van der Waals surface area contributed by atoms with Gasteiger partial charge in [0.25, 0.3) is 0 Å². The lowest BCUT2D eigenvalue weighted by Gasteiger charge is -2.37. The maximum atomic E-state index is 12.6. The molecular weight excluding hydrogens is 318 g/mol. The molecule has 2 aliphatic heterocycles. The van der Waals surface area contributed by atoms with Crippen molar-refractivity contribution in [3.8, 4) is 5.75 Å². The van der Waals surface area contributed by atoms with Crippen molar-refractivity contribution in [3.63, 3.8) is 0 Å². The lowest BCUT2D eigenvalue weighted by atomic mass is 10.0. The van der Waals surface area contributed by atoms with Crippen LogP contribution in [0.4, 0.5) is 4.79 Å². The topological polar surface area (TPSA) is 61.9 Å². The number of carbonyl (C=O) groups excluding carboxylic acids is 2. The number of amides is 3. The maximum absolute atomic E-state index is 12.6. The molecule has 1 N–H and O–H groups in total. The Labute approximate surface area is 149 Å². The van der Waals surface area contributed by atoms with Gasteiger partial charge in [-0.2, -0.15) is 0 Å². The number of likely N-dealkylation sites (tertiary alicyclic amines) is 2. The first-order valence-electron chi connectivity index (χ1n) is 9.22. The average molecular weight is 345 g/mol. The number of benzene rings is 1. The fourth-order valence-corrected chi connectivity index (χ4v) is 3.68. The molecule has 0 radical (unpaired) electrons. The molecule has 2 heterocycles. The molecule has 1 atom stereocenters. The number of carbonyl (C=O) groups is 2. The predicted molar refractivity (Wildman–Crippen MR) is 95.4 cm³/mol. The van der Waals surface area contributed by atoms with E-state index in [4.69, 9.17) is 4.74 Å². The Morgan fingerprint density at radius 2 is 2.12 bits per heavy atom. The highest BCUT2D eigenvalue weighted by atomic mass is 16.5. The minimum Gasteiger partial charge on any atom is -0.494 e. The van der Waals surface area contributed by atoms with Crippen molar-refractivity contribution in [2.75, 3.05) is 26.2 Å². The molecule has 0 saturated carbocycles. The molecule has 1 aromatic carbocycles. The summed E-state index contributed by atoms with van der Waals surface area (Å²) in [7, 11) is 0. The Balaban J connectivity index is 1.55. The number of nitrogens with zero attached hydrogens (tertiary/aromatic N) is 2. The normalized spacial score (nSPS) is 20.7. The lowest BCUT2D eigenvalue weighted by Crippen LogP contribution is -2.52. The molecule has 136 valence electrons. The van der Waals surface area contributed by atoms with Gasteiger partial charge in [-0.05, 0) is 32.3 Å². The van der Waals surface area contributed by atoms with Gasteiger partial charge >= 0.3 is 6.03 Å². The van der Waals surface area contributed by atoms with E-state index in [1.807, 2.05) is 41.0 Å². The summed E-state index contributed by atoms with van der Waals surface area (Å²) in [6.07, 6.45) is 3.52. The SMILES string of the molecule is CCOc1ccccc1CNC(=O)N1CCC[C@H](N2CCCC2=O)C1. The minimum absolute atomic E-state index is 0.0670. The predicted octanol–water partition coefficient (Wildman–Crippen LogP) is 2.38. The molecule has 1 aromatic rings. The number of para-hydroxylation sites is 1. The van der Waals surface area contributed by atoms with Gasteiger partial charge in [0.1, 0.15) is 5.75 Å². The first-order chi connectivity index (χ1) is 12.2. The highest BCUT2D eigenvalue weighted by Gasteiger charge is 2.32. The van der Waals surface area contributed by atoms with Crippen molar-refractivity contribution in [2.45, 2.75) is 45.2 Å². The molecule has 2 aliphatic rings. The number of piperidine rings is 1. The molecule has 0 aromatic heterocycles. The number of ether oxygens (including phenoxy) is 1. The summed E-state index contributed by atoms with van der Waals surface area (Å²) < 4.78 is 5.60. The second kappa shape index (κ2) is 8.23. The van der Waals surface area contributed by atoms with Crippen LogP contribution in [0.3, 0.4) is 0 Å². The van der Waals surface area contributed by atoms with Crippen molar-refractivity contribution in [2.24, 2.45) is 0 Å². The van der Waals surface area contributed by atoms with Gasteiger partial charge in [0.05, 0.1) is 6.61 Å². The third-order valence-electron chi connectivity index (χ3n) is 4.94. The third-order valence-corrected chi connectivity index (χ3v) is 4.94. The zero-order chi connectivity index (χ0) is 17.6. The van der Waals surface area contributed by atoms with Crippen LogP contribution in [0.15, 0.2) is 24.3 Å². The molecule has 6 heteroatoms. The first kappa shape index (κ1) is 17.6. The van der Waals surface area contributed by atoms with E-state index < -0.39 is 0 Å². The summed E-state index contributed by atoms with van der Waals surface area (Å²) in [6, 6.07) is 7.86. The van der Waals surface area contributed by atoms with Gasteiger partial charge in [0, 0.05) is 44.2 Å². The fraction of sp³-hybridized carbons (Fsp3) is 0.579. The van der Waals surface area contributed by atoms with E-state index in [-0.39, 0.29) is 18.0 Å². The number of nitrogens with one attached hydrogen (secondary N) is 1. The molecule has 0 spiro atoms. The average Bonchev–Trinajstić information content (AvgIpc) is 3.07. The van der Waals surface area contributed by atoms with Gasteiger partial charge in [-0.25, -0.2) is 4.79 Å². The van der Waals surface area contributed by atoms with E-state index in [1.165, 1.54) is 0 Å². The van der Waals surface area contributed by atoms with Crippen molar-refractivity contribution in [3.05, 3.63) is 29.8 Å². The molecule has 0 aliphatic carbocycles. The smallest absolute Gasteiger partial charge is 0.317 e. The van der Waals surface area contributed by atoms with Gasteiger partial charge in [-0.15, -0.1) is 0 Å². The second-order valence-corrected chi connectivity index (χ2v) is 6.63. The molecule has 0 unspecified atom stereocenters. The lowest BCUT2D eigenvalue weighted by molar-refractivity contribution is -0.130. The van der Waals surface area contributed by atoms with Crippen LogP contribution in [0.5, 0.6) is 5.75 Å². The van der Waals surface area contributed by atoms with E-state index in [0.717, 1.165) is 43.7 Å².